The highest BCUT2D eigenvalue weighted by atomic mass is 32.2. The number of ether oxygens (including phenoxy) is 4. The lowest BCUT2D eigenvalue weighted by Gasteiger charge is -2.33. The standard InChI is InChI=1S/C26H36N2O7S/c1-18(19-11-13-22(32-2)24(15-19)34-4)27-26(29)17-28(20-9-7-6-8-10-20)36(30,31)21-12-14-23(33-3)25(16-21)35-5/h11-16,18,20H,6-10,17H2,1-5H3,(H,27,29)/t18-/m1/s1. The summed E-state index contributed by atoms with van der Waals surface area (Å²) in [6.07, 6.45) is 4.33. The molecule has 0 heterocycles. The van der Waals surface area contributed by atoms with Gasteiger partial charge in [-0.25, -0.2) is 8.42 Å². The summed E-state index contributed by atoms with van der Waals surface area (Å²) in [7, 11) is 2.08. The molecule has 2 aromatic rings. The zero-order valence-corrected chi connectivity index (χ0v) is 22.4. The molecule has 198 valence electrons. The van der Waals surface area contributed by atoms with Gasteiger partial charge in [-0.15, -0.1) is 0 Å². The van der Waals surface area contributed by atoms with E-state index in [9.17, 15) is 13.2 Å². The van der Waals surface area contributed by atoms with E-state index in [1.165, 1.54) is 30.7 Å². The molecule has 1 atom stereocenters. The molecule has 0 unspecified atom stereocenters. The van der Waals surface area contributed by atoms with Crippen LogP contribution in [0.2, 0.25) is 0 Å². The fourth-order valence-corrected chi connectivity index (χ4v) is 6.18. The van der Waals surface area contributed by atoms with E-state index in [0.717, 1.165) is 24.8 Å². The van der Waals surface area contributed by atoms with E-state index in [-0.39, 0.29) is 29.4 Å². The number of carbonyl (C=O) groups is 1. The molecule has 0 aromatic heterocycles. The first-order valence-corrected chi connectivity index (χ1v) is 13.4. The van der Waals surface area contributed by atoms with Gasteiger partial charge in [0.2, 0.25) is 15.9 Å². The molecule has 3 rings (SSSR count). The summed E-state index contributed by atoms with van der Waals surface area (Å²) >= 11 is 0. The van der Waals surface area contributed by atoms with Crippen molar-refractivity contribution in [1.82, 2.24) is 9.62 Å². The average Bonchev–Trinajstić information content (AvgIpc) is 2.91. The molecule has 1 amide bonds. The van der Waals surface area contributed by atoms with Crippen molar-refractivity contribution in [2.24, 2.45) is 0 Å². The van der Waals surface area contributed by atoms with Gasteiger partial charge in [0.25, 0.3) is 0 Å². The van der Waals surface area contributed by atoms with E-state index < -0.39 is 10.0 Å². The van der Waals surface area contributed by atoms with Crippen LogP contribution in [0.4, 0.5) is 0 Å². The molecule has 1 aliphatic carbocycles. The predicted molar refractivity (Wildman–Crippen MR) is 136 cm³/mol. The van der Waals surface area contributed by atoms with Gasteiger partial charge in [-0.05, 0) is 49.6 Å². The molecular formula is C26H36N2O7S. The van der Waals surface area contributed by atoms with Crippen molar-refractivity contribution < 1.29 is 32.2 Å². The van der Waals surface area contributed by atoms with Gasteiger partial charge in [-0.2, -0.15) is 4.31 Å². The molecule has 2 aromatic carbocycles. The Morgan fingerprint density at radius 1 is 0.889 bits per heavy atom. The lowest BCUT2D eigenvalue weighted by Crippen LogP contribution is -2.47. The van der Waals surface area contributed by atoms with Gasteiger partial charge in [-0.3, -0.25) is 4.79 Å². The van der Waals surface area contributed by atoms with Crippen molar-refractivity contribution in [2.45, 2.75) is 56.0 Å². The van der Waals surface area contributed by atoms with Crippen LogP contribution < -0.4 is 24.3 Å². The quantitative estimate of drug-likeness (QED) is 0.479. The van der Waals surface area contributed by atoms with Crippen LogP contribution in [0.15, 0.2) is 41.3 Å². The minimum Gasteiger partial charge on any atom is -0.493 e. The monoisotopic (exact) mass is 520 g/mol. The van der Waals surface area contributed by atoms with Crippen molar-refractivity contribution in [1.29, 1.82) is 0 Å². The minimum atomic E-state index is -3.97. The van der Waals surface area contributed by atoms with E-state index >= 15 is 0 Å². The normalized spacial score (nSPS) is 15.3. The summed E-state index contributed by atoms with van der Waals surface area (Å²) in [5, 5.41) is 2.93. The van der Waals surface area contributed by atoms with Crippen LogP contribution in [-0.4, -0.2) is 59.7 Å². The van der Waals surface area contributed by atoms with Crippen LogP contribution in [-0.2, 0) is 14.8 Å². The summed E-state index contributed by atoms with van der Waals surface area (Å²) in [6, 6.07) is 9.27. The first-order valence-electron chi connectivity index (χ1n) is 12.0. The molecule has 1 saturated carbocycles. The molecule has 0 spiro atoms. The first kappa shape index (κ1) is 27.6. The molecule has 0 aliphatic heterocycles. The first-order chi connectivity index (χ1) is 17.2. The van der Waals surface area contributed by atoms with Crippen LogP contribution in [0.1, 0.15) is 50.6 Å². The largest absolute Gasteiger partial charge is 0.493 e. The topological polar surface area (TPSA) is 103 Å². The molecule has 0 bridgehead atoms. The average molecular weight is 521 g/mol. The lowest BCUT2D eigenvalue weighted by atomic mass is 9.95. The number of nitrogens with zero attached hydrogens (tertiary/aromatic N) is 1. The third-order valence-electron chi connectivity index (χ3n) is 6.53. The summed E-state index contributed by atoms with van der Waals surface area (Å²) < 4.78 is 50.1. The van der Waals surface area contributed by atoms with Crippen molar-refractivity contribution in [3.05, 3.63) is 42.0 Å². The predicted octanol–water partition coefficient (Wildman–Crippen LogP) is 3.92. The zero-order chi connectivity index (χ0) is 26.3. The highest BCUT2D eigenvalue weighted by Gasteiger charge is 2.34. The second-order valence-corrected chi connectivity index (χ2v) is 10.7. The zero-order valence-electron chi connectivity index (χ0n) is 21.6. The van der Waals surface area contributed by atoms with Crippen LogP contribution in [0.5, 0.6) is 23.0 Å². The van der Waals surface area contributed by atoms with Crippen molar-refractivity contribution >= 4 is 15.9 Å². The number of benzene rings is 2. The minimum absolute atomic E-state index is 0.0615. The summed E-state index contributed by atoms with van der Waals surface area (Å²) in [4.78, 5) is 13.2. The highest BCUT2D eigenvalue weighted by Crippen LogP contribution is 2.34. The van der Waals surface area contributed by atoms with E-state index in [2.05, 4.69) is 5.32 Å². The maximum atomic E-state index is 13.8. The van der Waals surface area contributed by atoms with Crippen LogP contribution >= 0.6 is 0 Å². The Bertz CT molecular complexity index is 1150. The SMILES string of the molecule is COc1ccc([C@@H](C)NC(=O)CN(C2CCCCC2)S(=O)(=O)c2ccc(OC)c(OC)c2)cc1OC. The molecule has 9 nitrogen and oxygen atoms in total. The highest BCUT2D eigenvalue weighted by molar-refractivity contribution is 7.89. The summed E-state index contributed by atoms with van der Waals surface area (Å²) in [5.74, 6) is 1.50. The van der Waals surface area contributed by atoms with Gasteiger partial charge in [0.05, 0.1) is 45.9 Å². The van der Waals surface area contributed by atoms with E-state index in [1.807, 2.05) is 13.0 Å². The van der Waals surface area contributed by atoms with E-state index in [0.29, 0.717) is 35.8 Å². The van der Waals surface area contributed by atoms with Gasteiger partial charge in [-0.1, -0.05) is 25.3 Å². The fourth-order valence-electron chi connectivity index (χ4n) is 4.53. The third kappa shape index (κ3) is 6.22. The summed E-state index contributed by atoms with van der Waals surface area (Å²) in [5.41, 5.74) is 0.813. The van der Waals surface area contributed by atoms with Gasteiger partial charge in [0.15, 0.2) is 23.0 Å². The molecular weight excluding hydrogens is 484 g/mol. The molecule has 0 saturated heterocycles. The molecule has 10 heteroatoms. The second kappa shape index (κ2) is 12.3. The Morgan fingerprint density at radius 3 is 2.03 bits per heavy atom. The number of hydrogen-bond donors (Lipinski definition) is 1. The van der Waals surface area contributed by atoms with Gasteiger partial charge in [0, 0.05) is 12.1 Å². The summed E-state index contributed by atoms with van der Waals surface area (Å²) in [6.45, 7) is 1.56. The fraction of sp³-hybridized carbons (Fsp3) is 0.500. The van der Waals surface area contributed by atoms with Crippen molar-refractivity contribution in [3.63, 3.8) is 0 Å². The Labute approximate surface area is 213 Å². The lowest BCUT2D eigenvalue weighted by molar-refractivity contribution is -0.122. The molecule has 0 radical (unpaired) electrons. The Morgan fingerprint density at radius 2 is 1.44 bits per heavy atom. The van der Waals surface area contributed by atoms with Gasteiger partial charge < -0.3 is 24.3 Å². The molecule has 1 N–H and O–H groups in total. The number of nitrogens with one attached hydrogen (secondary N) is 1. The molecule has 36 heavy (non-hydrogen) atoms. The van der Waals surface area contributed by atoms with Crippen LogP contribution in [0.3, 0.4) is 0 Å². The molecule has 1 aliphatic rings. The Hall–Kier alpha value is -2.98. The Balaban J connectivity index is 1.84. The van der Waals surface area contributed by atoms with E-state index in [4.69, 9.17) is 18.9 Å². The van der Waals surface area contributed by atoms with Crippen LogP contribution in [0.25, 0.3) is 0 Å². The van der Waals surface area contributed by atoms with E-state index in [1.54, 1.807) is 32.4 Å². The Kier molecular flexibility index (Phi) is 9.44. The van der Waals surface area contributed by atoms with Crippen molar-refractivity contribution in [2.75, 3.05) is 35.0 Å². The number of sulfonamides is 1. The number of amides is 1. The van der Waals surface area contributed by atoms with Crippen LogP contribution in [0, 0.1) is 0 Å². The maximum Gasteiger partial charge on any atom is 0.243 e. The molecule has 1 fully saturated rings. The third-order valence-corrected chi connectivity index (χ3v) is 8.42. The number of hydrogen-bond acceptors (Lipinski definition) is 7. The van der Waals surface area contributed by atoms with Gasteiger partial charge >= 0.3 is 0 Å². The number of carbonyl (C=O) groups excluding carboxylic acids is 1. The number of methoxy groups -OCH3 is 4. The maximum absolute atomic E-state index is 13.8. The smallest absolute Gasteiger partial charge is 0.243 e. The number of rotatable bonds is 11. The second-order valence-electron chi connectivity index (χ2n) is 8.76. The van der Waals surface area contributed by atoms with Crippen molar-refractivity contribution in [3.8, 4) is 23.0 Å². The van der Waals surface area contributed by atoms with Gasteiger partial charge in [0.1, 0.15) is 0 Å².